The Kier molecular flexibility index (Phi) is 4.88. The normalized spacial score (nSPS) is 10.0. The van der Waals surface area contributed by atoms with E-state index in [-0.39, 0.29) is 5.91 Å². The molecule has 1 N–H and O–H groups in total. The number of para-hydroxylation sites is 1. The van der Waals surface area contributed by atoms with Crippen molar-refractivity contribution in [1.29, 1.82) is 0 Å². The van der Waals surface area contributed by atoms with Gasteiger partial charge in [-0.15, -0.1) is 0 Å². The van der Waals surface area contributed by atoms with Crippen LogP contribution in [0.4, 0.5) is 5.69 Å². The van der Waals surface area contributed by atoms with Crippen LogP contribution in [0.1, 0.15) is 15.9 Å². The molecule has 2 aromatic carbocycles. The predicted octanol–water partition coefficient (Wildman–Crippen LogP) is 3.27. The van der Waals surface area contributed by atoms with Crippen LogP contribution in [0, 0.1) is 6.92 Å². The van der Waals surface area contributed by atoms with Crippen LogP contribution in [-0.4, -0.2) is 27.2 Å². The summed E-state index contributed by atoms with van der Waals surface area (Å²) in [5.41, 5.74) is 2.05. The number of hydrogen-bond donors (Lipinski definition) is 1. The van der Waals surface area contributed by atoms with E-state index in [1.54, 1.807) is 19.2 Å². The Bertz CT molecular complexity index is 657. The van der Waals surface area contributed by atoms with E-state index in [4.69, 9.17) is 14.2 Å². The number of rotatable bonds is 5. The van der Waals surface area contributed by atoms with Crippen molar-refractivity contribution in [2.24, 2.45) is 0 Å². The van der Waals surface area contributed by atoms with Gasteiger partial charge in [-0.3, -0.25) is 4.79 Å². The molecule has 0 unspecified atom stereocenters. The molecule has 0 saturated carbocycles. The molecule has 22 heavy (non-hydrogen) atoms. The first-order valence-electron chi connectivity index (χ1n) is 6.77. The van der Waals surface area contributed by atoms with Gasteiger partial charge in [-0.05, 0) is 18.6 Å². The molecule has 0 spiro atoms. The van der Waals surface area contributed by atoms with Crippen molar-refractivity contribution in [3.8, 4) is 17.2 Å². The molecule has 116 valence electrons. The summed E-state index contributed by atoms with van der Waals surface area (Å²) in [5.74, 6) is 1.04. The fourth-order valence-corrected chi connectivity index (χ4v) is 2.13. The van der Waals surface area contributed by atoms with Crippen LogP contribution in [0.2, 0.25) is 0 Å². The van der Waals surface area contributed by atoms with Gasteiger partial charge in [0.05, 0.1) is 21.3 Å². The van der Waals surface area contributed by atoms with Crippen molar-refractivity contribution in [1.82, 2.24) is 0 Å². The van der Waals surface area contributed by atoms with Crippen molar-refractivity contribution in [2.75, 3.05) is 26.6 Å². The fourth-order valence-electron chi connectivity index (χ4n) is 2.13. The Labute approximate surface area is 129 Å². The Morgan fingerprint density at radius 3 is 2.05 bits per heavy atom. The lowest BCUT2D eigenvalue weighted by molar-refractivity contribution is 0.102. The van der Waals surface area contributed by atoms with Crippen LogP contribution in [0.15, 0.2) is 36.4 Å². The second kappa shape index (κ2) is 6.85. The highest BCUT2D eigenvalue weighted by atomic mass is 16.5. The SMILES string of the molecule is COc1cc(OC)c(C(=O)Nc2ccccc2C)c(OC)c1. The summed E-state index contributed by atoms with van der Waals surface area (Å²) >= 11 is 0. The summed E-state index contributed by atoms with van der Waals surface area (Å²) in [5, 5.41) is 2.87. The molecule has 1 amide bonds. The van der Waals surface area contributed by atoms with Gasteiger partial charge < -0.3 is 19.5 Å². The summed E-state index contributed by atoms with van der Waals surface area (Å²) in [6.07, 6.45) is 0. The predicted molar refractivity (Wildman–Crippen MR) is 85.2 cm³/mol. The minimum atomic E-state index is -0.300. The number of carbonyl (C=O) groups excluding carboxylic acids is 1. The molecule has 2 rings (SSSR count). The smallest absolute Gasteiger partial charge is 0.263 e. The highest BCUT2D eigenvalue weighted by Gasteiger charge is 2.20. The highest BCUT2D eigenvalue weighted by Crippen LogP contribution is 2.34. The molecular formula is C17H19NO4. The minimum absolute atomic E-state index is 0.300. The maximum atomic E-state index is 12.6. The molecule has 0 atom stereocenters. The maximum Gasteiger partial charge on any atom is 0.263 e. The lowest BCUT2D eigenvalue weighted by Crippen LogP contribution is -2.15. The van der Waals surface area contributed by atoms with E-state index in [0.29, 0.717) is 22.8 Å². The molecule has 0 radical (unpaired) electrons. The molecule has 2 aromatic rings. The van der Waals surface area contributed by atoms with E-state index < -0.39 is 0 Å². The number of carbonyl (C=O) groups is 1. The van der Waals surface area contributed by atoms with Crippen LogP contribution in [0.25, 0.3) is 0 Å². The van der Waals surface area contributed by atoms with Gasteiger partial charge in [0.2, 0.25) is 0 Å². The van der Waals surface area contributed by atoms with Crippen LogP contribution < -0.4 is 19.5 Å². The first kappa shape index (κ1) is 15.7. The monoisotopic (exact) mass is 301 g/mol. The van der Waals surface area contributed by atoms with Gasteiger partial charge >= 0.3 is 0 Å². The minimum Gasteiger partial charge on any atom is -0.496 e. The van der Waals surface area contributed by atoms with Crippen molar-refractivity contribution in [2.45, 2.75) is 6.92 Å². The molecular weight excluding hydrogens is 282 g/mol. The van der Waals surface area contributed by atoms with Gasteiger partial charge in [-0.25, -0.2) is 0 Å². The van der Waals surface area contributed by atoms with Crippen LogP contribution >= 0.6 is 0 Å². The third kappa shape index (κ3) is 3.14. The Morgan fingerprint density at radius 1 is 0.955 bits per heavy atom. The highest BCUT2D eigenvalue weighted by molar-refractivity contribution is 6.08. The van der Waals surface area contributed by atoms with Gasteiger partial charge in [-0.1, -0.05) is 18.2 Å². The molecule has 0 aliphatic rings. The number of benzene rings is 2. The fraction of sp³-hybridized carbons (Fsp3) is 0.235. The number of hydrogen-bond acceptors (Lipinski definition) is 4. The van der Waals surface area contributed by atoms with Gasteiger partial charge in [0.25, 0.3) is 5.91 Å². The van der Waals surface area contributed by atoms with Gasteiger partial charge in [-0.2, -0.15) is 0 Å². The molecule has 0 aliphatic heterocycles. The van der Waals surface area contributed by atoms with E-state index in [1.807, 2.05) is 31.2 Å². The zero-order chi connectivity index (χ0) is 16.1. The molecule has 0 bridgehead atoms. The molecule has 0 aliphatic carbocycles. The zero-order valence-corrected chi connectivity index (χ0v) is 13.1. The quantitative estimate of drug-likeness (QED) is 0.921. The Balaban J connectivity index is 2.42. The maximum absolute atomic E-state index is 12.6. The number of methoxy groups -OCH3 is 3. The third-order valence-electron chi connectivity index (χ3n) is 3.34. The molecule has 0 heterocycles. The molecule has 5 nitrogen and oxygen atoms in total. The standard InChI is InChI=1S/C17H19NO4/c1-11-7-5-6-8-13(11)18-17(19)16-14(21-3)9-12(20-2)10-15(16)22-4/h5-10H,1-4H3,(H,18,19). The average Bonchev–Trinajstić information content (AvgIpc) is 2.55. The summed E-state index contributed by atoms with van der Waals surface area (Å²) < 4.78 is 15.8. The second-order valence-corrected chi connectivity index (χ2v) is 4.68. The van der Waals surface area contributed by atoms with Crippen LogP contribution in [-0.2, 0) is 0 Å². The summed E-state index contributed by atoms with van der Waals surface area (Å²) in [6.45, 7) is 1.93. The average molecular weight is 301 g/mol. The lowest BCUT2D eigenvalue weighted by Gasteiger charge is -2.15. The second-order valence-electron chi connectivity index (χ2n) is 4.68. The van der Waals surface area contributed by atoms with E-state index in [9.17, 15) is 4.79 Å². The summed E-state index contributed by atoms with van der Waals surface area (Å²) in [6, 6.07) is 10.9. The number of ether oxygens (including phenoxy) is 3. The zero-order valence-electron chi connectivity index (χ0n) is 13.1. The Morgan fingerprint density at radius 2 is 1.55 bits per heavy atom. The summed E-state index contributed by atoms with van der Waals surface area (Å²) in [4.78, 5) is 12.6. The Hall–Kier alpha value is -2.69. The molecule has 0 aromatic heterocycles. The number of aryl methyl sites for hydroxylation is 1. The first-order chi connectivity index (χ1) is 10.6. The number of amides is 1. The molecule has 0 saturated heterocycles. The van der Waals surface area contributed by atoms with Gasteiger partial charge in [0, 0.05) is 17.8 Å². The van der Waals surface area contributed by atoms with E-state index in [1.165, 1.54) is 14.2 Å². The van der Waals surface area contributed by atoms with Crippen molar-refractivity contribution < 1.29 is 19.0 Å². The third-order valence-corrected chi connectivity index (χ3v) is 3.34. The van der Waals surface area contributed by atoms with Crippen molar-refractivity contribution in [3.05, 3.63) is 47.5 Å². The van der Waals surface area contributed by atoms with Crippen molar-refractivity contribution in [3.63, 3.8) is 0 Å². The van der Waals surface area contributed by atoms with Gasteiger partial charge in [0.15, 0.2) is 0 Å². The number of anilines is 1. The van der Waals surface area contributed by atoms with E-state index >= 15 is 0 Å². The van der Waals surface area contributed by atoms with Crippen molar-refractivity contribution >= 4 is 11.6 Å². The van der Waals surface area contributed by atoms with E-state index in [0.717, 1.165) is 11.3 Å². The largest absolute Gasteiger partial charge is 0.496 e. The molecule has 0 fully saturated rings. The van der Waals surface area contributed by atoms with Crippen LogP contribution in [0.3, 0.4) is 0 Å². The number of nitrogens with one attached hydrogen (secondary N) is 1. The van der Waals surface area contributed by atoms with Gasteiger partial charge in [0.1, 0.15) is 22.8 Å². The lowest BCUT2D eigenvalue weighted by atomic mass is 10.1. The summed E-state index contributed by atoms with van der Waals surface area (Å²) in [7, 11) is 4.54. The molecule has 5 heteroatoms. The first-order valence-corrected chi connectivity index (χ1v) is 6.77. The van der Waals surface area contributed by atoms with E-state index in [2.05, 4.69) is 5.32 Å². The topological polar surface area (TPSA) is 56.8 Å². The van der Waals surface area contributed by atoms with Crippen LogP contribution in [0.5, 0.6) is 17.2 Å².